The molecule has 0 saturated carbocycles. The van der Waals surface area contributed by atoms with Gasteiger partial charge in [-0.25, -0.2) is 17.9 Å². The van der Waals surface area contributed by atoms with E-state index in [0.29, 0.717) is 10.6 Å². The zero-order valence-electron chi connectivity index (χ0n) is 15.9. The number of amides is 4. The molecule has 2 aromatic carbocycles. The number of hydrogen-bond donors (Lipinski definition) is 3. The monoisotopic (exact) mass is 450 g/mol. The number of hydrazine groups is 1. The average Bonchev–Trinajstić information content (AvgIpc) is 2.92. The van der Waals surface area contributed by atoms with E-state index in [4.69, 9.17) is 11.6 Å². The van der Waals surface area contributed by atoms with E-state index < -0.39 is 33.4 Å². The van der Waals surface area contributed by atoms with E-state index in [1.54, 1.807) is 30.3 Å². The lowest BCUT2D eigenvalue weighted by molar-refractivity contribution is -0.138. The lowest BCUT2D eigenvalue weighted by atomic mass is 9.92. The predicted octanol–water partition coefficient (Wildman–Crippen LogP) is 1.51. The van der Waals surface area contributed by atoms with Crippen LogP contribution in [-0.4, -0.2) is 37.8 Å². The summed E-state index contributed by atoms with van der Waals surface area (Å²) in [5, 5.41) is 3.42. The van der Waals surface area contributed by atoms with E-state index in [9.17, 15) is 22.8 Å². The molecule has 0 aromatic heterocycles. The van der Waals surface area contributed by atoms with Gasteiger partial charge in [-0.1, -0.05) is 48.0 Å². The highest BCUT2D eigenvalue weighted by Gasteiger charge is 2.49. The molecule has 2 aromatic rings. The second-order valence-electron chi connectivity index (χ2n) is 6.70. The molecule has 158 valence electrons. The number of nitrogens with zero attached hydrogens (tertiary/aromatic N) is 1. The molecule has 0 bridgehead atoms. The van der Waals surface area contributed by atoms with E-state index in [0.717, 1.165) is 0 Å². The Bertz CT molecular complexity index is 1090. The molecule has 1 aliphatic heterocycles. The number of carbonyl (C=O) groups is 3. The minimum absolute atomic E-state index is 0.0388. The summed E-state index contributed by atoms with van der Waals surface area (Å²) in [5.74, 6) is -1.35. The molecular weight excluding hydrogens is 432 g/mol. The van der Waals surface area contributed by atoms with Crippen LogP contribution in [0.25, 0.3) is 0 Å². The zero-order chi connectivity index (χ0) is 21.9. The van der Waals surface area contributed by atoms with Gasteiger partial charge in [0, 0.05) is 18.0 Å². The number of halogens is 1. The minimum atomic E-state index is -3.86. The lowest BCUT2D eigenvalue weighted by Gasteiger charge is -2.22. The van der Waals surface area contributed by atoms with Crippen LogP contribution in [0.15, 0.2) is 59.5 Å². The summed E-state index contributed by atoms with van der Waals surface area (Å²) in [7, 11) is -3.86. The molecule has 1 heterocycles. The van der Waals surface area contributed by atoms with Crippen molar-refractivity contribution in [1.29, 1.82) is 0 Å². The van der Waals surface area contributed by atoms with Crippen molar-refractivity contribution in [2.24, 2.45) is 0 Å². The number of benzene rings is 2. The third kappa shape index (κ3) is 4.45. The standard InChI is InChI=1S/C19H19ClN4O5S/c1-19(13-6-3-2-4-7-13)17(26)24(18(27)22-19)23-16(25)10-11-21-30(28,29)15-9-5-8-14(20)12-15/h2-9,12,21H,10-11H2,1H3,(H,22,27)(H,23,25). The molecule has 0 radical (unpaired) electrons. The van der Waals surface area contributed by atoms with Crippen LogP contribution in [0.2, 0.25) is 5.02 Å². The molecule has 1 atom stereocenters. The van der Waals surface area contributed by atoms with Gasteiger partial charge in [-0.15, -0.1) is 0 Å². The second kappa shape index (κ2) is 8.42. The summed E-state index contributed by atoms with van der Waals surface area (Å²) in [6.45, 7) is 1.30. The van der Waals surface area contributed by atoms with Gasteiger partial charge in [0.05, 0.1) is 4.90 Å². The number of rotatable bonds is 7. The summed E-state index contributed by atoms with van der Waals surface area (Å²) in [4.78, 5) is 37.1. The third-order valence-corrected chi connectivity index (χ3v) is 6.22. The maximum atomic E-state index is 12.7. The molecule has 0 aliphatic carbocycles. The predicted molar refractivity (Wildman–Crippen MR) is 109 cm³/mol. The van der Waals surface area contributed by atoms with Gasteiger partial charge in [-0.3, -0.25) is 15.0 Å². The fraction of sp³-hybridized carbons (Fsp3) is 0.211. The fourth-order valence-corrected chi connectivity index (χ4v) is 4.24. The molecule has 0 spiro atoms. The average molecular weight is 451 g/mol. The highest BCUT2D eigenvalue weighted by Crippen LogP contribution is 2.27. The summed E-state index contributed by atoms with van der Waals surface area (Å²) >= 11 is 5.79. The highest BCUT2D eigenvalue weighted by atomic mass is 35.5. The van der Waals surface area contributed by atoms with Crippen molar-refractivity contribution in [2.45, 2.75) is 23.8 Å². The van der Waals surface area contributed by atoms with Crippen molar-refractivity contribution in [3.8, 4) is 0 Å². The van der Waals surface area contributed by atoms with Crippen molar-refractivity contribution in [3.05, 3.63) is 65.2 Å². The summed E-state index contributed by atoms with van der Waals surface area (Å²) in [6.07, 6.45) is -0.293. The van der Waals surface area contributed by atoms with Crippen LogP contribution in [0.1, 0.15) is 18.9 Å². The molecule has 11 heteroatoms. The quantitative estimate of drug-likeness (QED) is 0.551. The molecule has 1 fully saturated rings. The molecular formula is C19H19ClN4O5S. The van der Waals surface area contributed by atoms with Gasteiger partial charge < -0.3 is 5.32 Å². The topological polar surface area (TPSA) is 125 Å². The van der Waals surface area contributed by atoms with Gasteiger partial charge in [0.15, 0.2) is 0 Å². The Balaban J connectivity index is 1.59. The van der Waals surface area contributed by atoms with Gasteiger partial charge in [-0.2, -0.15) is 5.01 Å². The molecule has 1 unspecified atom stereocenters. The Hall–Kier alpha value is -2.95. The maximum Gasteiger partial charge on any atom is 0.344 e. The largest absolute Gasteiger partial charge is 0.344 e. The molecule has 3 rings (SSSR count). The Morgan fingerprint density at radius 2 is 1.83 bits per heavy atom. The first-order valence-corrected chi connectivity index (χ1v) is 10.8. The number of urea groups is 1. The number of imide groups is 1. The van der Waals surface area contributed by atoms with Crippen LogP contribution < -0.4 is 15.5 Å². The Kier molecular flexibility index (Phi) is 6.11. The van der Waals surface area contributed by atoms with Gasteiger partial charge in [0.1, 0.15) is 5.54 Å². The Labute approximate surface area is 178 Å². The summed E-state index contributed by atoms with van der Waals surface area (Å²) < 4.78 is 26.7. The number of nitrogens with one attached hydrogen (secondary N) is 3. The van der Waals surface area contributed by atoms with Crippen LogP contribution in [-0.2, 0) is 25.2 Å². The highest BCUT2D eigenvalue weighted by molar-refractivity contribution is 7.89. The normalized spacial score (nSPS) is 18.9. The lowest BCUT2D eigenvalue weighted by Crippen LogP contribution is -2.48. The van der Waals surface area contributed by atoms with Crippen LogP contribution in [0.4, 0.5) is 4.79 Å². The number of hydrogen-bond acceptors (Lipinski definition) is 5. The fourth-order valence-electron chi connectivity index (χ4n) is 2.90. The van der Waals surface area contributed by atoms with Crippen molar-refractivity contribution in [1.82, 2.24) is 20.5 Å². The van der Waals surface area contributed by atoms with Crippen molar-refractivity contribution >= 4 is 39.5 Å². The zero-order valence-corrected chi connectivity index (χ0v) is 17.5. The van der Waals surface area contributed by atoms with E-state index in [1.807, 2.05) is 0 Å². The van der Waals surface area contributed by atoms with Crippen molar-refractivity contribution in [3.63, 3.8) is 0 Å². The SMILES string of the molecule is CC1(c2ccccc2)NC(=O)N(NC(=O)CCNS(=O)(=O)c2cccc(Cl)c2)C1=O. The van der Waals surface area contributed by atoms with Crippen LogP contribution in [0, 0.1) is 0 Å². The van der Waals surface area contributed by atoms with Crippen molar-refractivity contribution in [2.75, 3.05) is 6.54 Å². The van der Waals surface area contributed by atoms with Crippen LogP contribution in [0.5, 0.6) is 0 Å². The Morgan fingerprint density at radius 1 is 1.13 bits per heavy atom. The minimum Gasteiger partial charge on any atom is -0.318 e. The van der Waals surface area contributed by atoms with Gasteiger partial charge in [0.2, 0.25) is 15.9 Å². The van der Waals surface area contributed by atoms with E-state index in [2.05, 4.69) is 15.5 Å². The number of sulfonamides is 1. The Morgan fingerprint density at radius 3 is 2.50 bits per heavy atom. The van der Waals surface area contributed by atoms with E-state index >= 15 is 0 Å². The van der Waals surface area contributed by atoms with Crippen LogP contribution in [0.3, 0.4) is 0 Å². The maximum absolute atomic E-state index is 12.7. The smallest absolute Gasteiger partial charge is 0.318 e. The molecule has 1 saturated heterocycles. The molecule has 3 N–H and O–H groups in total. The summed E-state index contributed by atoms with van der Waals surface area (Å²) in [5.41, 5.74) is 1.46. The number of carbonyl (C=O) groups excluding carboxylic acids is 3. The first-order chi connectivity index (χ1) is 14.1. The molecule has 4 amide bonds. The first kappa shape index (κ1) is 21.8. The molecule has 1 aliphatic rings. The van der Waals surface area contributed by atoms with Crippen molar-refractivity contribution < 1.29 is 22.8 Å². The third-order valence-electron chi connectivity index (χ3n) is 4.53. The molecule has 9 nitrogen and oxygen atoms in total. The van der Waals surface area contributed by atoms with Gasteiger partial charge >= 0.3 is 6.03 Å². The second-order valence-corrected chi connectivity index (χ2v) is 8.91. The summed E-state index contributed by atoms with van der Waals surface area (Å²) in [6, 6.07) is 13.5. The van der Waals surface area contributed by atoms with Crippen LogP contribution >= 0.6 is 11.6 Å². The van der Waals surface area contributed by atoms with Gasteiger partial charge in [0.25, 0.3) is 5.91 Å². The molecule has 30 heavy (non-hydrogen) atoms. The van der Waals surface area contributed by atoms with E-state index in [1.165, 1.54) is 31.2 Å². The van der Waals surface area contributed by atoms with E-state index in [-0.39, 0.29) is 22.9 Å². The first-order valence-electron chi connectivity index (χ1n) is 8.90. The van der Waals surface area contributed by atoms with Gasteiger partial charge in [-0.05, 0) is 30.7 Å².